The molecule has 0 spiro atoms. The molecular weight excluding hydrogens is 176 g/mol. The Bertz CT molecular complexity index is 172. The van der Waals surface area contributed by atoms with E-state index in [1.807, 2.05) is 0 Å². The first-order valence-corrected chi connectivity index (χ1v) is 5.79. The van der Waals surface area contributed by atoms with E-state index in [9.17, 15) is 4.79 Å². The van der Waals surface area contributed by atoms with Crippen molar-refractivity contribution in [3.63, 3.8) is 0 Å². The van der Waals surface area contributed by atoms with Crippen molar-refractivity contribution in [2.24, 2.45) is 5.92 Å². The highest BCUT2D eigenvalue weighted by atomic mass is 16.2. The molecule has 3 heteroatoms. The number of rotatable bonds is 6. The molecule has 3 nitrogen and oxygen atoms in total. The summed E-state index contributed by atoms with van der Waals surface area (Å²) in [4.78, 5) is 11.8. The van der Waals surface area contributed by atoms with Crippen LogP contribution in [0.15, 0.2) is 0 Å². The van der Waals surface area contributed by atoms with Gasteiger partial charge in [0, 0.05) is 19.0 Å². The van der Waals surface area contributed by atoms with Gasteiger partial charge in [-0.2, -0.15) is 0 Å². The van der Waals surface area contributed by atoms with E-state index in [1.54, 1.807) is 0 Å². The van der Waals surface area contributed by atoms with Crippen LogP contribution in [0.2, 0.25) is 0 Å². The molecule has 0 aromatic carbocycles. The molecule has 0 aliphatic carbocycles. The van der Waals surface area contributed by atoms with Crippen LogP contribution in [0, 0.1) is 5.92 Å². The fourth-order valence-corrected chi connectivity index (χ4v) is 1.81. The second kappa shape index (κ2) is 6.02. The van der Waals surface area contributed by atoms with Crippen LogP contribution in [0.5, 0.6) is 0 Å². The first-order chi connectivity index (χ1) is 6.77. The highest BCUT2D eigenvalue weighted by Gasteiger charge is 2.23. The summed E-state index contributed by atoms with van der Waals surface area (Å²) in [6.07, 6.45) is 4.25. The first kappa shape index (κ1) is 11.5. The molecule has 1 amide bonds. The Morgan fingerprint density at radius 3 is 2.29 bits per heavy atom. The second-order valence-corrected chi connectivity index (χ2v) is 4.14. The first-order valence-electron chi connectivity index (χ1n) is 5.79. The van der Waals surface area contributed by atoms with E-state index >= 15 is 0 Å². The Labute approximate surface area is 86.6 Å². The van der Waals surface area contributed by atoms with Crippen LogP contribution < -0.4 is 10.6 Å². The average Bonchev–Trinajstić information content (AvgIpc) is 2.11. The molecule has 2 N–H and O–H groups in total. The van der Waals surface area contributed by atoms with Gasteiger partial charge in [0.1, 0.15) is 0 Å². The maximum atomic E-state index is 11.8. The van der Waals surface area contributed by atoms with Gasteiger partial charge in [0.2, 0.25) is 5.91 Å². The molecule has 0 unspecified atom stereocenters. The van der Waals surface area contributed by atoms with Crippen LogP contribution in [0.3, 0.4) is 0 Å². The number of carbonyl (C=O) groups is 1. The van der Waals surface area contributed by atoms with E-state index in [1.165, 1.54) is 0 Å². The van der Waals surface area contributed by atoms with Crippen LogP contribution in [-0.2, 0) is 4.79 Å². The number of hydrogen-bond acceptors (Lipinski definition) is 2. The predicted octanol–water partition coefficient (Wildman–Crippen LogP) is 1.29. The maximum Gasteiger partial charge on any atom is 0.223 e. The van der Waals surface area contributed by atoms with Crippen molar-refractivity contribution in [2.75, 3.05) is 13.1 Å². The SMILES string of the molecule is CCCC(CCC)C(=O)NC1CNC1. The number of hydrogen-bond donors (Lipinski definition) is 2. The van der Waals surface area contributed by atoms with Crippen molar-refractivity contribution >= 4 is 5.91 Å². The predicted molar refractivity (Wildman–Crippen MR) is 58.1 cm³/mol. The molecule has 1 aliphatic heterocycles. The smallest absolute Gasteiger partial charge is 0.223 e. The Kier molecular flexibility index (Phi) is 4.94. The van der Waals surface area contributed by atoms with Crippen molar-refractivity contribution in [1.29, 1.82) is 0 Å². The minimum atomic E-state index is 0.241. The molecular formula is C11H22N2O. The van der Waals surface area contributed by atoms with Crippen LogP contribution in [-0.4, -0.2) is 25.0 Å². The monoisotopic (exact) mass is 198 g/mol. The summed E-state index contributed by atoms with van der Waals surface area (Å²) >= 11 is 0. The van der Waals surface area contributed by atoms with Crippen molar-refractivity contribution in [3.8, 4) is 0 Å². The molecule has 0 aromatic heterocycles. The average molecular weight is 198 g/mol. The van der Waals surface area contributed by atoms with Gasteiger partial charge in [0.15, 0.2) is 0 Å². The van der Waals surface area contributed by atoms with Crippen LogP contribution in [0.25, 0.3) is 0 Å². The normalized spacial score (nSPS) is 16.8. The van der Waals surface area contributed by atoms with Crippen molar-refractivity contribution in [3.05, 3.63) is 0 Å². The Morgan fingerprint density at radius 1 is 1.36 bits per heavy atom. The quantitative estimate of drug-likeness (QED) is 0.675. The van der Waals surface area contributed by atoms with Gasteiger partial charge in [-0.25, -0.2) is 0 Å². The summed E-state index contributed by atoms with van der Waals surface area (Å²) in [6.45, 7) is 6.16. The number of carbonyl (C=O) groups excluding carboxylic acids is 1. The molecule has 1 rings (SSSR count). The summed E-state index contributed by atoms with van der Waals surface area (Å²) in [5.41, 5.74) is 0. The standard InChI is InChI=1S/C11H22N2O/c1-3-5-9(6-4-2)11(14)13-10-7-12-8-10/h9-10,12H,3-8H2,1-2H3,(H,13,14). The molecule has 82 valence electrons. The minimum absolute atomic E-state index is 0.241. The number of nitrogens with one attached hydrogen (secondary N) is 2. The van der Waals surface area contributed by atoms with Gasteiger partial charge in [-0.15, -0.1) is 0 Å². The highest BCUT2D eigenvalue weighted by Crippen LogP contribution is 2.14. The van der Waals surface area contributed by atoms with Gasteiger partial charge in [-0.05, 0) is 12.8 Å². The van der Waals surface area contributed by atoms with E-state index in [0.29, 0.717) is 6.04 Å². The minimum Gasteiger partial charge on any atom is -0.351 e. The molecule has 0 saturated carbocycles. The third kappa shape index (κ3) is 3.29. The summed E-state index contributed by atoms with van der Waals surface area (Å²) in [5, 5.41) is 6.24. The van der Waals surface area contributed by atoms with E-state index in [4.69, 9.17) is 0 Å². The summed E-state index contributed by atoms with van der Waals surface area (Å²) in [5.74, 6) is 0.505. The molecule has 1 fully saturated rings. The summed E-state index contributed by atoms with van der Waals surface area (Å²) in [6, 6.07) is 0.388. The van der Waals surface area contributed by atoms with E-state index < -0.39 is 0 Å². The van der Waals surface area contributed by atoms with Gasteiger partial charge < -0.3 is 10.6 Å². The number of amides is 1. The molecule has 1 saturated heterocycles. The zero-order valence-corrected chi connectivity index (χ0v) is 9.31. The van der Waals surface area contributed by atoms with Crippen LogP contribution >= 0.6 is 0 Å². The zero-order chi connectivity index (χ0) is 10.4. The van der Waals surface area contributed by atoms with E-state index in [-0.39, 0.29) is 11.8 Å². The Hall–Kier alpha value is -0.570. The zero-order valence-electron chi connectivity index (χ0n) is 9.31. The fraction of sp³-hybridized carbons (Fsp3) is 0.909. The summed E-state index contributed by atoms with van der Waals surface area (Å²) in [7, 11) is 0. The van der Waals surface area contributed by atoms with E-state index in [0.717, 1.165) is 38.8 Å². The van der Waals surface area contributed by atoms with Crippen LogP contribution in [0.4, 0.5) is 0 Å². The van der Waals surface area contributed by atoms with Gasteiger partial charge in [-0.1, -0.05) is 26.7 Å². The lowest BCUT2D eigenvalue weighted by molar-refractivity contribution is -0.126. The molecule has 0 atom stereocenters. The molecule has 1 heterocycles. The van der Waals surface area contributed by atoms with Crippen molar-refractivity contribution in [2.45, 2.75) is 45.6 Å². The topological polar surface area (TPSA) is 41.1 Å². The van der Waals surface area contributed by atoms with Gasteiger partial charge in [0.25, 0.3) is 0 Å². The lowest BCUT2D eigenvalue weighted by atomic mass is 9.96. The fourth-order valence-electron chi connectivity index (χ4n) is 1.81. The lowest BCUT2D eigenvalue weighted by Gasteiger charge is -2.29. The molecule has 1 aliphatic rings. The van der Waals surface area contributed by atoms with Gasteiger partial charge in [-0.3, -0.25) is 4.79 Å². The van der Waals surface area contributed by atoms with E-state index in [2.05, 4.69) is 24.5 Å². The van der Waals surface area contributed by atoms with Crippen molar-refractivity contribution in [1.82, 2.24) is 10.6 Å². The highest BCUT2D eigenvalue weighted by molar-refractivity contribution is 5.79. The molecule has 0 radical (unpaired) electrons. The largest absolute Gasteiger partial charge is 0.351 e. The second-order valence-electron chi connectivity index (χ2n) is 4.14. The van der Waals surface area contributed by atoms with Crippen LogP contribution in [0.1, 0.15) is 39.5 Å². The van der Waals surface area contributed by atoms with Crippen molar-refractivity contribution < 1.29 is 4.79 Å². The third-order valence-corrected chi connectivity index (χ3v) is 2.77. The summed E-state index contributed by atoms with van der Waals surface area (Å²) < 4.78 is 0. The molecule has 0 aromatic rings. The molecule has 0 bridgehead atoms. The Morgan fingerprint density at radius 2 is 1.93 bits per heavy atom. The molecule has 14 heavy (non-hydrogen) atoms. The maximum absolute atomic E-state index is 11.8. The Balaban J connectivity index is 2.28. The van der Waals surface area contributed by atoms with Gasteiger partial charge >= 0.3 is 0 Å². The van der Waals surface area contributed by atoms with Gasteiger partial charge in [0.05, 0.1) is 6.04 Å². The third-order valence-electron chi connectivity index (χ3n) is 2.77. The lowest BCUT2D eigenvalue weighted by Crippen LogP contribution is -2.57.